The zero-order chi connectivity index (χ0) is 27.6. The zero-order valence-electron chi connectivity index (χ0n) is 22.0. The number of fused-ring (bicyclic) bond motifs is 5. The monoisotopic (exact) mass is 522 g/mol. The van der Waals surface area contributed by atoms with Gasteiger partial charge in [0, 0.05) is 23.2 Å². The Bertz CT molecular complexity index is 1080. The van der Waals surface area contributed by atoms with Crippen LogP contribution < -0.4 is 0 Å². The van der Waals surface area contributed by atoms with E-state index in [2.05, 4.69) is 0 Å². The number of halogens is 2. The van der Waals surface area contributed by atoms with Crippen molar-refractivity contribution in [2.75, 3.05) is 6.61 Å². The third-order valence-corrected chi connectivity index (χ3v) is 9.60. The summed E-state index contributed by atoms with van der Waals surface area (Å²) in [4.78, 5) is 50.3. The molecule has 0 heterocycles. The fourth-order valence-corrected chi connectivity index (χ4v) is 7.53. The molecule has 0 aromatic heterocycles. The molecule has 0 aromatic rings. The van der Waals surface area contributed by atoms with Crippen molar-refractivity contribution in [3.8, 4) is 0 Å². The van der Waals surface area contributed by atoms with Crippen LogP contribution in [0.15, 0.2) is 23.8 Å². The Balaban J connectivity index is 1.79. The number of aliphatic hydroxyl groups excluding tert-OH is 1. The van der Waals surface area contributed by atoms with E-state index in [4.69, 9.17) is 9.47 Å². The third kappa shape index (κ3) is 3.74. The Hall–Kier alpha value is -2.42. The van der Waals surface area contributed by atoms with E-state index in [9.17, 15) is 24.3 Å². The van der Waals surface area contributed by atoms with Crippen LogP contribution in [0.5, 0.6) is 0 Å². The Morgan fingerprint density at radius 3 is 2.51 bits per heavy atom. The van der Waals surface area contributed by atoms with Crippen molar-refractivity contribution in [1.82, 2.24) is 0 Å². The molecule has 4 aliphatic carbocycles. The van der Waals surface area contributed by atoms with E-state index in [1.807, 2.05) is 0 Å². The second kappa shape index (κ2) is 9.10. The molecule has 0 spiro atoms. The number of hydrogen-bond donors (Lipinski definition) is 1. The summed E-state index contributed by atoms with van der Waals surface area (Å²) in [5.74, 6) is -4.49. The highest BCUT2D eigenvalue weighted by Crippen LogP contribution is 2.70. The van der Waals surface area contributed by atoms with Crippen LogP contribution in [0.2, 0.25) is 0 Å². The lowest BCUT2D eigenvalue weighted by Crippen LogP contribution is -2.70. The number of allylic oxidation sites excluding steroid dienone is 4. The van der Waals surface area contributed by atoms with Gasteiger partial charge in [0.05, 0.1) is 12.0 Å². The first-order valence-corrected chi connectivity index (χ1v) is 13.1. The molecule has 1 N–H and O–H groups in total. The first-order valence-electron chi connectivity index (χ1n) is 13.1. The maximum Gasteiger partial charge on any atom is 0.309 e. The van der Waals surface area contributed by atoms with E-state index in [-0.39, 0.29) is 37.7 Å². The van der Waals surface area contributed by atoms with Gasteiger partial charge in [-0.1, -0.05) is 33.8 Å². The van der Waals surface area contributed by atoms with E-state index >= 15 is 8.78 Å². The molecule has 0 aliphatic heterocycles. The summed E-state index contributed by atoms with van der Waals surface area (Å²) in [6.45, 7) is 7.39. The average Bonchev–Trinajstić information content (AvgIpc) is 3.12. The number of ketones is 2. The lowest BCUT2D eigenvalue weighted by Gasteiger charge is -2.63. The average molecular weight is 523 g/mol. The van der Waals surface area contributed by atoms with Gasteiger partial charge in [0.25, 0.3) is 0 Å². The number of alkyl halides is 2. The molecule has 3 fully saturated rings. The fraction of sp³-hybridized carbons (Fsp3) is 0.714. The molecule has 9 heteroatoms. The quantitative estimate of drug-likeness (QED) is 0.529. The third-order valence-electron chi connectivity index (χ3n) is 9.60. The van der Waals surface area contributed by atoms with Crippen molar-refractivity contribution in [2.24, 2.45) is 28.6 Å². The topological polar surface area (TPSA) is 107 Å². The Labute approximate surface area is 215 Å². The van der Waals surface area contributed by atoms with Crippen molar-refractivity contribution < 1.29 is 42.5 Å². The van der Waals surface area contributed by atoms with Crippen LogP contribution >= 0.6 is 0 Å². The second-order valence-corrected chi connectivity index (χ2v) is 11.7. The molecule has 3 saturated carbocycles. The summed E-state index contributed by atoms with van der Waals surface area (Å²) >= 11 is 0. The maximum atomic E-state index is 17.3. The lowest BCUT2D eigenvalue weighted by molar-refractivity contribution is -0.230. The highest BCUT2D eigenvalue weighted by Gasteiger charge is 2.76. The minimum atomic E-state index is -2.31. The van der Waals surface area contributed by atoms with Crippen LogP contribution in [-0.2, 0) is 28.7 Å². The van der Waals surface area contributed by atoms with Gasteiger partial charge in [0.2, 0.25) is 5.78 Å². The number of ether oxygens (including phenoxy) is 2. The van der Waals surface area contributed by atoms with Crippen molar-refractivity contribution in [2.45, 2.75) is 90.3 Å². The van der Waals surface area contributed by atoms with E-state index in [1.165, 1.54) is 19.1 Å². The summed E-state index contributed by atoms with van der Waals surface area (Å²) in [6.07, 6.45) is 0.269. The number of aliphatic hydroxyl groups is 1. The minimum Gasteiger partial charge on any atom is -0.457 e. The molecule has 0 saturated heterocycles. The first-order chi connectivity index (χ1) is 17.2. The molecule has 8 atom stereocenters. The van der Waals surface area contributed by atoms with Gasteiger partial charge in [-0.05, 0) is 56.3 Å². The van der Waals surface area contributed by atoms with Gasteiger partial charge in [-0.3, -0.25) is 19.2 Å². The maximum absolute atomic E-state index is 17.3. The van der Waals surface area contributed by atoms with Crippen LogP contribution in [0.1, 0.15) is 66.7 Å². The standard InChI is InChI=1S/C28H36F2O7/c1-6-23(34)36-14-22(33)27(37-24(35)15(2)3)10-8-17-18-12-20(29)19-11-16(31)7-9-25(19,4)28(18,30)21(32)13-26(17,27)5/h7,9,11,15,17-18,20-21,32H,6,8,10,12-14H2,1-5H3/t17?,18?,20-,21?,25?,26?,27-,28-/m0/s1. The van der Waals surface area contributed by atoms with E-state index < -0.39 is 82.2 Å². The summed E-state index contributed by atoms with van der Waals surface area (Å²) < 4.78 is 43.9. The van der Waals surface area contributed by atoms with Gasteiger partial charge in [0.1, 0.15) is 6.17 Å². The van der Waals surface area contributed by atoms with Crippen LogP contribution in [0, 0.1) is 28.6 Å². The SMILES string of the molecule is CCC(=O)OCC(=O)[C@@]1(OC(=O)C(C)C)CCC2C3C[C@H](F)C4=CC(=O)C=CC4(C)[C@@]3(F)C(O)CC21C. The number of carbonyl (C=O) groups is 4. The summed E-state index contributed by atoms with van der Waals surface area (Å²) in [6, 6.07) is 0. The Morgan fingerprint density at radius 2 is 1.89 bits per heavy atom. The van der Waals surface area contributed by atoms with Crippen molar-refractivity contribution in [3.05, 3.63) is 23.8 Å². The molecule has 7 nitrogen and oxygen atoms in total. The Kier molecular flexibility index (Phi) is 6.79. The second-order valence-electron chi connectivity index (χ2n) is 11.7. The minimum absolute atomic E-state index is 0.0134. The highest BCUT2D eigenvalue weighted by atomic mass is 19.1. The normalized spacial score (nSPS) is 42.4. The predicted molar refractivity (Wildman–Crippen MR) is 129 cm³/mol. The van der Waals surface area contributed by atoms with Crippen LogP contribution in [-0.4, -0.2) is 58.8 Å². The van der Waals surface area contributed by atoms with Crippen molar-refractivity contribution >= 4 is 23.5 Å². The number of Topliss-reactive ketones (excluding diaryl/α,β-unsaturated/α-hetero) is 1. The van der Waals surface area contributed by atoms with Gasteiger partial charge in [-0.15, -0.1) is 0 Å². The number of carbonyl (C=O) groups excluding carboxylic acids is 4. The van der Waals surface area contributed by atoms with Gasteiger partial charge in [-0.2, -0.15) is 0 Å². The Morgan fingerprint density at radius 1 is 1.22 bits per heavy atom. The van der Waals surface area contributed by atoms with E-state index in [1.54, 1.807) is 27.7 Å². The fourth-order valence-electron chi connectivity index (χ4n) is 7.53. The van der Waals surface area contributed by atoms with Crippen LogP contribution in [0.4, 0.5) is 8.78 Å². The molecular weight excluding hydrogens is 486 g/mol. The molecule has 4 rings (SSSR count). The summed E-state index contributed by atoms with van der Waals surface area (Å²) in [5.41, 5.74) is -6.85. The smallest absolute Gasteiger partial charge is 0.309 e. The summed E-state index contributed by atoms with van der Waals surface area (Å²) in [5, 5.41) is 11.5. The number of rotatable bonds is 6. The van der Waals surface area contributed by atoms with Gasteiger partial charge >= 0.3 is 11.9 Å². The molecule has 0 aromatic carbocycles. The zero-order valence-corrected chi connectivity index (χ0v) is 22.0. The molecule has 0 bridgehead atoms. The lowest BCUT2D eigenvalue weighted by atomic mass is 9.44. The predicted octanol–water partition coefficient (Wildman–Crippen LogP) is 3.77. The number of hydrogen-bond acceptors (Lipinski definition) is 7. The molecule has 0 amide bonds. The van der Waals surface area contributed by atoms with Crippen molar-refractivity contribution in [1.29, 1.82) is 0 Å². The number of esters is 2. The van der Waals surface area contributed by atoms with E-state index in [0.29, 0.717) is 0 Å². The molecule has 37 heavy (non-hydrogen) atoms. The van der Waals surface area contributed by atoms with Crippen LogP contribution in [0.3, 0.4) is 0 Å². The molecular formula is C28H36F2O7. The molecule has 4 aliphatic rings. The highest BCUT2D eigenvalue weighted by molar-refractivity contribution is 6.01. The van der Waals surface area contributed by atoms with Gasteiger partial charge in [0.15, 0.2) is 23.7 Å². The summed E-state index contributed by atoms with van der Waals surface area (Å²) in [7, 11) is 0. The largest absolute Gasteiger partial charge is 0.457 e. The molecule has 204 valence electrons. The first kappa shape index (κ1) is 27.6. The molecule has 5 unspecified atom stereocenters. The van der Waals surface area contributed by atoms with Crippen LogP contribution in [0.25, 0.3) is 0 Å². The van der Waals surface area contributed by atoms with E-state index in [0.717, 1.165) is 6.08 Å². The van der Waals surface area contributed by atoms with Gasteiger partial charge < -0.3 is 14.6 Å². The van der Waals surface area contributed by atoms with Gasteiger partial charge in [-0.25, -0.2) is 8.78 Å². The van der Waals surface area contributed by atoms with Crippen molar-refractivity contribution in [3.63, 3.8) is 0 Å². The molecule has 0 radical (unpaired) electrons.